The molecule has 112 valence electrons. The van der Waals surface area contributed by atoms with Gasteiger partial charge in [-0.1, -0.05) is 17.7 Å². The zero-order valence-corrected chi connectivity index (χ0v) is 12.9. The quantitative estimate of drug-likeness (QED) is 0.892. The van der Waals surface area contributed by atoms with E-state index in [0.717, 1.165) is 18.4 Å². The van der Waals surface area contributed by atoms with Crippen molar-refractivity contribution in [3.8, 4) is 0 Å². The molecule has 1 aromatic carbocycles. The fraction of sp³-hybridized carbons (Fsp3) is 0.538. The Labute approximate surface area is 124 Å². The number of hydrogen-bond donors (Lipinski definition) is 2. The van der Waals surface area contributed by atoms with Gasteiger partial charge >= 0.3 is 10.2 Å². The first-order valence-corrected chi connectivity index (χ1v) is 8.39. The molecule has 0 radical (unpaired) electrons. The van der Waals surface area contributed by atoms with E-state index in [4.69, 9.17) is 11.6 Å². The highest BCUT2D eigenvalue weighted by molar-refractivity contribution is 7.90. The molecule has 0 amide bonds. The third kappa shape index (κ3) is 3.63. The Bertz CT molecular complexity index is 577. The fourth-order valence-electron chi connectivity index (χ4n) is 2.30. The summed E-state index contributed by atoms with van der Waals surface area (Å²) in [5, 5.41) is 9.67. The normalized spacial score (nSPS) is 20.9. The molecule has 7 heteroatoms. The van der Waals surface area contributed by atoms with Crippen molar-refractivity contribution in [1.29, 1.82) is 0 Å². The Morgan fingerprint density at radius 1 is 1.50 bits per heavy atom. The number of benzene rings is 1. The monoisotopic (exact) mass is 318 g/mol. The molecule has 1 unspecified atom stereocenters. The summed E-state index contributed by atoms with van der Waals surface area (Å²) in [6.07, 6.45) is 1.62. The van der Waals surface area contributed by atoms with E-state index >= 15 is 0 Å². The molecule has 5 nitrogen and oxygen atoms in total. The van der Waals surface area contributed by atoms with Gasteiger partial charge in [0.1, 0.15) is 0 Å². The zero-order valence-electron chi connectivity index (χ0n) is 11.3. The first-order valence-electron chi connectivity index (χ1n) is 6.57. The van der Waals surface area contributed by atoms with E-state index in [9.17, 15) is 13.5 Å². The van der Waals surface area contributed by atoms with Crippen molar-refractivity contribution in [2.45, 2.75) is 19.8 Å². The average Bonchev–Trinajstić information content (AvgIpc) is 2.43. The van der Waals surface area contributed by atoms with Crippen LogP contribution in [0.3, 0.4) is 0 Å². The van der Waals surface area contributed by atoms with Crippen LogP contribution in [0.1, 0.15) is 18.4 Å². The van der Waals surface area contributed by atoms with Crippen LogP contribution in [0.25, 0.3) is 0 Å². The number of aliphatic hydroxyl groups is 1. The van der Waals surface area contributed by atoms with E-state index in [1.807, 2.05) is 6.92 Å². The number of piperidine rings is 1. The Morgan fingerprint density at radius 2 is 2.25 bits per heavy atom. The molecule has 1 heterocycles. The molecule has 0 aromatic heterocycles. The number of rotatable bonds is 4. The van der Waals surface area contributed by atoms with Crippen LogP contribution < -0.4 is 4.72 Å². The maximum absolute atomic E-state index is 12.4. The number of aliphatic hydroxyl groups excluding tert-OH is 1. The SMILES string of the molecule is Cc1ccc(Cl)cc1NS(=O)(=O)N1CCCC(CO)C1. The van der Waals surface area contributed by atoms with Gasteiger partial charge in [0.05, 0.1) is 5.69 Å². The van der Waals surface area contributed by atoms with Gasteiger partial charge in [-0.15, -0.1) is 0 Å². The van der Waals surface area contributed by atoms with E-state index in [-0.39, 0.29) is 12.5 Å². The van der Waals surface area contributed by atoms with Crippen LogP contribution in [0.2, 0.25) is 5.02 Å². The van der Waals surface area contributed by atoms with Crippen LogP contribution in [0.5, 0.6) is 0 Å². The van der Waals surface area contributed by atoms with Crippen molar-refractivity contribution >= 4 is 27.5 Å². The standard InChI is InChI=1S/C13H19ClN2O3S/c1-10-4-5-12(14)7-13(10)15-20(18,19)16-6-2-3-11(8-16)9-17/h4-5,7,11,15,17H,2-3,6,8-9H2,1H3. The summed E-state index contributed by atoms with van der Waals surface area (Å²) in [4.78, 5) is 0. The molecule has 1 fully saturated rings. The summed E-state index contributed by atoms with van der Waals surface area (Å²) in [5.74, 6) is 0.0146. The number of hydrogen-bond acceptors (Lipinski definition) is 3. The Hall–Kier alpha value is -0.820. The number of nitrogens with one attached hydrogen (secondary N) is 1. The second kappa shape index (κ2) is 6.30. The molecule has 1 aliphatic rings. The van der Waals surface area contributed by atoms with Crippen LogP contribution in [-0.4, -0.2) is 37.5 Å². The molecule has 1 aromatic rings. The van der Waals surface area contributed by atoms with Crippen LogP contribution in [0, 0.1) is 12.8 Å². The first kappa shape index (κ1) is 15.6. The lowest BCUT2D eigenvalue weighted by Gasteiger charge is -2.31. The minimum Gasteiger partial charge on any atom is -0.396 e. The van der Waals surface area contributed by atoms with Gasteiger partial charge in [0.2, 0.25) is 0 Å². The van der Waals surface area contributed by atoms with E-state index in [0.29, 0.717) is 23.8 Å². The summed E-state index contributed by atoms with van der Waals surface area (Å²) < 4.78 is 28.7. The maximum atomic E-state index is 12.4. The fourth-order valence-corrected chi connectivity index (χ4v) is 3.88. The van der Waals surface area contributed by atoms with Gasteiger partial charge in [-0.3, -0.25) is 4.72 Å². The van der Waals surface area contributed by atoms with Crippen LogP contribution >= 0.6 is 11.6 Å². The average molecular weight is 319 g/mol. The molecule has 0 saturated carbocycles. The second-order valence-electron chi connectivity index (χ2n) is 5.12. The van der Waals surface area contributed by atoms with Gasteiger partial charge in [-0.05, 0) is 43.4 Å². The van der Waals surface area contributed by atoms with Gasteiger partial charge < -0.3 is 5.11 Å². The lowest BCUT2D eigenvalue weighted by atomic mass is 10.0. The molecular weight excluding hydrogens is 300 g/mol. The first-order chi connectivity index (χ1) is 9.42. The Morgan fingerprint density at radius 3 is 2.95 bits per heavy atom. The predicted molar refractivity (Wildman–Crippen MR) is 80.1 cm³/mol. The van der Waals surface area contributed by atoms with Gasteiger partial charge in [0, 0.05) is 24.7 Å². The number of halogens is 1. The lowest BCUT2D eigenvalue weighted by Crippen LogP contribution is -2.43. The Kier molecular flexibility index (Phi) is 4.90. The number of nitrogens with zero attached hydrogens (tertiary/aromatic N) is 1. The van der Waals surface area contributed by atoms with Crippen LogP contribution in [0.4, 0.5) is 5.69 Å². The van der Waals surface area contributed by atoms with Gasteiger partial charge in [-0.2, -0.15) is 12.7 Å². The van der Waals surface area contributed by atoms with Gasteiger partial charge in [0.25, 0.3) is 0 Å². The summed E-state index contributed by atoms with van der Waals surface area (Å²) >= 11 is 5.90. The molecule has 1 saturated heterocycles. The largest absolute Gasteiger partial charge is 0.396 e. The molecule has 1 aliphatic heterocycles. The smallest absolute Gasteiger partial charge is 0.301 e. The lowest BCUT2D eigenvalue weighted by molar-refractivity contribution is 0.166. The van der Waals surface area contributed by atoms with Gasteiger partial charge in [-0.25, -0.2) is 0 Å². The van der Waals surface area contributed by atoms with Crippen molar-refractivity contribution in [1.82, 2.24) is 4.31 Å². The summed E-state index contributed by atoms with van der Waals surface area (Å²) in [6, 6.07) is 5.09. The summed E-state index contributed by atoms with van der Waals surface area (Å²) in [7, 11) is -3.61. The number of anilines is 1. The van der Waals surface area contributed by atoms with E-state index in [1.165, 1.54) is 4.31 Å². The molecule has 1 atom stereocenters. The van der Waals surface area contributed by atoms with Crippen molar-refractivity contribution in [2.24, 2.45) is 5.92 Å². The molecular formula is C13H19ClN2O3S. The minimum absolute atomic E-state index is 0.0146. The summed E-state index contributed by atoms with van der Waals surface area (Å²) in [6.45, 7) is 2.67. The Balaban J connectivity index is 2.16. The maximum Gasteiger partial charge on any atom is 0.301 e. The molecule has 0 spiro atoms. The summed E-state index contributed by atoms with van der Waals surface area (Å²) in [5.41, 5.74) is 1.30. The second-order valence-corrected chi connectivity index (χ2v) is 7.22. The molecule has 0 aliphatic carbocycles. The van der Waals surface area contributed by atoms with Crippen molar-refractivity contribution in [3.63, 3.8) is 0 Å². The van der Waals surface area contributed by atoms with Crippen molar-refractivity contribution < 1.29 is 13.5 Å². The highest BCUT2D eigenvalue weighted by Gasteiger charge is 2.28. The van der Waals surface area contributed by atoms with Gasteiger partial charge in [0.15, 0.2) is 0 Å². The van der Waals surface area contributed by atoms with E-state index in [2.05, 4.69) is 4.72 Å². The third-order valence-electron chi connectivity index (χ3n) is 3.52. The van der Waals surface area contributed by atoms with Crippen LogP contribution in [-0.2, 0) is 10.2 Å². The highest BCUT2D eigenvalue weighted by Crippen LogP contribution is 2.24. The van der Waals surface area contributed by atoms with Crippen molar-refractivity contribution in [2.75, 3.05) is 24.4 Å². The van der Waals surface area contributed by atoms with E-state index < -0.39 is 10.2 Å². The third-order valence-corrected chi connectivity index (χ3v) is 5.24. The predicted octanol–water partition coefficient (Wildman–Crippen LogP) is 2.01. The molecule has 20 heavy (non-hydrogen) atoms. The van der Waals surface area contributed by atoms with E-state index in [1.54, 1.807) is 18.2 Å². The zero-order chi connectivity index (χ0) is 14.8. The molecule has 2 rings (SSSR count). The number of aryl methyl sites for hydroxylation is 1. The van der Waals surface area contributed by atoms with Crippen molar-refractivity contribution in [3.05, 3.63) is 28.8 Å². The topological polar surface area (TPSA) is 69.6 Å². The molecule has 2 N–H and O–H groups in total. The molecule has 0 bridgehead atoms. The minimum atomic E-state index is -3.61. The van der Waals surface area contributed by atoms with Crippen LogP contribution in [0.15, 0.2) is 18.2 Å². The highest BCUT2D eigenvalue weighted by atomic mass is 35.5.